The first-order valence-electron chi connectivity index (χ1n) is 51.3. The maximum atomic E-state index is 16.9. The topological polar surface area (TPSA) is 762 Å². The van der Waals surface area contributed by atoms with E-state index in [1.165, 1.54) is 45.1 Å². The molecule has 0 aromatic carbocycles. The Kier molecular flexibility index (Phi) is 38.2. The van der Waals surface area contributed by atoms with Gasteiger partial charge in [-0.25, -0.2) is 9.59 Å². The first kappa shape index (κ1) is 120. The van der Waals surface area contributed by atoms with Crippen molar-refractivity contribution in [1.29, 1.82) is 0 Å². The number of allylic oxidation sites excluding steroid dienone is 4. The van der Waals surface area contributed by atoms with Gasteiger partial charge in [0.15, 0.2) is 62.5 Å². The highest BCUT2D eigenvalue weighted by Crippen LogP contribution is 2.77. The fourth-order valence-corrected chi connectivity index (χ4v) is 25.2. The van der Waals surface area contributed by atoms with Gasteiger partial charge in [-0.3, -0.25) is 4.79 Å². The lowest BCUT2D eigenvalue weighted by Crippen LogP contribution is -2.70. The van der Waals surface area contributed by atoms with Gasteiger partial charge in [-0.1, -0.05) is 84.4 Å². The summed E-state index contributed by atoms with van der Waals surface area (Å²) in [6.07, 6.45) is -67.3. The van der Waals surface area contributed by atoms with Crippen LogP contribution in [0.25, 0.3) is 0 Å². The number of hydrogen-bond donors (Lipinski definition) is 26. The second-order valence-corrected chi connectivity index (χ2v) is 45.3. The number of carbonyl (C=O) groups excluding carboxylic acids is 3. The van der Waals surface area contributed by atoms with E-state index < -0.39 is 390 Å². The summed E-state index contributed by atoms with van der Waals surface area (Å²) in [5.41, 5.74) is -8.93. The summed E-state index contributed by atoms with van der Waals surface area (Å²) in [4.78, 5) is 45.7. The summed E-state index contributed by atoms with van der Waals surface area (Å²) in [5, 5.41) is 290. The van der Waals surface area contributed by atoms with E-state index in [0.29, 0.717) is 37.7 Å². The predicted octanol–water partition coefficient (Wildman–Crippen LogP) is -6.96. The molecule has 0 aromatic rings. The Hall–Kier alpha value is -4.61. The molecule has 5 aliphatic carbocycles. The van der Waals surface area contributed by atoms with Crippen LogP contribution in [0.15, 0.2) is 60.3 Å². The summed E-state index contributed by atoms with van der Waals surface area (Å²) in [6, 6.07) is 0. The highest BCUT2D eigenvalue weighted by atomic mass is 16.8. The van der Waals surface area contributed by atoms with E-state index >= 15 is 9.59 Å². The van der Waals surface area contributed by atoms with E-state index in [9.17, 15) is 138 Å². The molecule has 0 radical (unpaired) electrons. The van der Waals surface area contributed by atoms with Gasteiger partial charge < -0.3 is 228 Å². The Morgan fingerprint density at radius 1 is 0.430 bits per heavy atom. The van der Waals surface area contributed by atoms with E-state index in [-0.39, 0.29) is 68.1 Å². The molecule has 0 bridgehead atoms. The molecule has 9 aliphatic heterocycles. The molecule has 26 N–H and O–H groups in total. The molecule has 0 aromatic heterocycles. The van der Waals surface area contributed by atoms with Crippen LogP contribution in [-0.2, 0) is 109 Å². The number of rotatable bonds is 35. The molecule has 14 aliphatic rings. The van der Waals surface area contributed by atoms with Crippen LogP contribution in [-0.4, -0.2) is 485 Å². The third-order valence-corrected chi connectivity index (χ3v) is 35.0. The van der Waals surface area contributed by atoms with Crippen LogP contribution in [0, 0.1) is 50.2 Å². The first-order chi connectivity index (χ1) is 69.9. The zero-order chi connectivity index (χ0) is 109. The zero-order valence-corrected chi connectivity index (χ0v) is 85.6. The van der Waals surface area contributed by atoms with Crippen molar-refractivity contribution >= 4 is 17.9 Å². The fraction of sp³-hybridized carbons (Fsp3) is 0.870. The molecular formula is C100H158O49. The third kappa shape index (κ3) is 23.3. The van der Waals surface area contributed by atoms with Gasteiger partial charge >= 0.3 is 17.9 Å². The van der Waals surface area contributed by atoms with Crippen molar-refractivity contribution in [3.63, 3.8) is 0 Å². The van der Waals surface area contributed by atoms with Gasteiger partial charge in [0.25, 0.3) is 0 Å². The maximum absolute atomic E-state index is 16.9. The third-order valence-electron chi connectivity index (χ3n) is 35.0. The lowest BCUT2D eigenvalue weighted by Gasteiger charge is -2.72. The van der Waals surface area contributed by atoms with Crippen molar-refractivity contribution in [1.82, 2.24) is 0 Å². The molecule has 852 valence electrons. The highest BCUT2D eigenvalue weighted by molar-refractivity contribution is 5.89. The average Bonchev–Trinajstić information content (AvgIpc) is 0.805. The standard InChI is InChI=1S/C100H158O49/c1-15-95(10,148-85-71(122)60(111)48(107)38-132-85)25-17-19-40(3)81(127)142-76-41(4)135-89(74(125)68(76)119)149-96(11,16-2)26-18-20-43(32-101)82(128)140-57-31-100(92(129)147-91-80(66(117)62(113)50(34-103)138-91)146-88-75(126)78(144-87-73(124)65(116)61(112)49(33-102)136-87)77(42(5)134-88)143-86-72(123)63(114)51(35-104)137-86)45(29-93(57,6)7)44-21-22-54-97(12)27-24-56(94(8,9)53(97)23-28-98(54,13)99(44,14)30-55(100)108)141-90-79(145-84-70(121)59(110)47(106)37-131-84)67(118)64(115)52(139-90)39-133-83-69(120)58(109)46(105)36-130-83/h15-16,19-21,41-42,45-80,83-91,101-126H,1-2,17-18,22-39H2,3-14H3. The fourth-order valence-electron chi connectivity index (χ4n) is 25.2. The quantitative estimate of drug-likeness (QED) is 0.00922. The second-order valence-electron chi connectivity index (χ2n) is 45.3. The van der Waals surface area contributed by atoms with Crippen LogP contribution >= 0.6 is 0 Å². The van der Waals surface area contributed by atoms with Crippen molar-refractivity contribution in [3.05, 3.63) is 60.3 Å². The molecule has 9 heterocycles. The molecule has 13 fully saturated rings. The van der Waals surface area contributed by atoms with E-state index in [0.717, 1.165) is 0 Å². The predicted molar refractivity (Wildman–Crippen MR) is 499 cm³/mol. The number of aliphatic hydroxyl groups is 26. The normalized spacial score (nSPS) is 48.9. The number of ether oxygens (including phenoxy) is 20. The summed E-state index contributed by atoms with van der Waals surface area (Å²) in [6.45, 7) is 23.6. The molecule has 9 saturated heterocycles. The van der Waals surface area contributed by atoms with Crippen LogP contribution in [0.5, 0.6) is 0 Å². The Morgan fingerprint density at radius 2 is 0.886 bits per heavy atom. The van der Waals surface area contributed by atoms with Crippen molar-refractivity contribution in [2.24, 2.45) is 50.2 Å². The molecule has 49 heteroatoms. The minimum absolute atomic E-state index is 0.0622. The lowest BCUT2D eigenvalue weighted by atomic mass is 9.33. The Labute approximate surface area is 861 Å². The monoisotopic (exact) mass is 2140 g/mol. The van der Waals surface area contributed by atoms with Crippen molar-refractivity contribution < 1.29 is 242 Å². The van der Waals surface area contributed by atoms with Gasteiger partial charge in [0.2, 0.25) is 6.29 Å². The SMILES string of the molecule is C=CC(C)(CCC=C(C)C(=O)OC1C(C)OC(OC(C)(C=C)CCC=C(CO)C(=O)OC2CC3(C(=O)OC4OC(CO)C(O)C(O)C4OC4OC(C)C(OC5OC(CO)C(O)C5O)C(OC5OC(CO)C(O)C(O)C5O)C4O)C(O)CC4(C)C(=CCC5C6(C)CCC(OC7OC(COC8OCC(O)C(O)C8O)C(O)C(O)C7OC7OCC(O)C(O)C7O)C(C)(C)C6CCC54C)C3CC2(C)C)C(O)C1O)OC1OCC(O)C(O)C1O. The second kappa shape index (κ2) is 47.5. The summed E-state index contributed by atoms with van der Waals surface area (Å²) in [7, 11) is 0. The molecule has 0 amide bonds. The van der Waals surface area contributed by atoms with Crippen LogP contribution < -0.4 is 0 Å². The number of aliphatic hydroxyl groups excluding tert-OH is 26. The summed E-state index contributed by atoms with van der Waals surface area (Å²) in [5.74, 6) is -4.81. The van der Waals surface area contributed by atoms with Crippen LogP contribution in [0.1, 0.15) is 160 Å². The van der Waals surface area contributed by atoms with E-state index in [2.05, 4.69) is 33.1 Å². The molecule has 53 atom stereocenters. The highest BCUT2D eigenvalue weighted by Gasteiger charge is 2.75. The van der Waals surface area contributed by atoms with Gasteiger partial charge in [0, 0.05) is 17.4 Å². The Balaban J connectivity index is 0.735. The number of carbonyl (C=O) groups is 3. The molecule has 53 unspecified atom stereocenters. The molecule has 49 nitrogen and oxygen atoms in total. The van der Waals surface area contributed by atoms with Crippen molar-refractivity contribution in [3.8, 4) is 0 Å². The summed E-state index contributed by atoms with van der Waals surface area (Å²) < 4.78 is 122. The van der Waals surface area contributed by atoms with Crippen LogP contribution in [0.2, 0.25) is 0 Å². The lowest BCUT2D eigenvalue weighted by molar-refractivity contribution is -0.390. The number of hydrogen-bond acceptors (Lipinski definition) is 49. The van der Waals surface area contributed by atoms with E-state index in [1.807, 2.05) is 20.8 Å². The van der Waals surface area contributed by atoms with Gasteiger partial charge in [-0.05, 0) is 145 Å². The summed E-state index contributed by atoms with van der Waals surface area (Å²) >= 11 is 0. The minimum atomic E-state index is -2.31. The minimum Gasteiger partial charge on any atom is -0.458 e. The number of esters is 3. The smallest absolute Gasteiger partial charge is 0.336 e. The van der Waals surface area contributed by atoms with E-state index in [4.69, 9.17) is 94.7 Å². The molecular weight excluding hydrogens is 1990 g/mol. The average molecular weight is 2140 g/mol. The van der Waals surface area contributed by atoms with Crippen molar-refractivity contribution in [2.45, 2.75) is 442 Å². The Morgan fingerprint density at radius 3 is 1.47 bits per heavy atom. The van der Waals surface area contributed by atoms with Crippen LogP contribution in [0.4, 0.5) is 0 Å². The first-order valence-corrected chi connectivity index (χ1v) is 51.3. The maximum Gasteiger partial charge on any atom is 0.336 e. The van der Waals surface area contributed by atoms with Gasteiger partial charge in [-0.15, -0.1) is 13.2 Å². The zero-order valence-electron chi connectivity index (χ0n) is 85.6. The largest absolute Gasteiger partial charge is 0.458 e. The molecule has 14 rings (SSSR count). The van der Waals surface area contributed by atoms with E-state index in [1.54, 1.807) is 27.7 Å². The van der Waals surface area contributed by atoms with Crippen LogP contribution in [0.3, 0.4) is 0 Å². The number of fused-ring (bicyclic) bond motifs is 7. The Bertz CT molecular complexity index is 4590. The molecule has 149 heavy (non-hydrogen) atoms. The van der Waals surface area contributed by atoms with Crippen molar-refractivity contribution in [2.75, 3.05) is 52.9 Å². The van der Waals surface area contributed by atoms with Gasteiger partial charge in [0.05, 0.1) is 94.0 Å². The van der Waals surface area contributed by atoms with Gasteiger partial charge in [0.1, 0.15) is 182 Å². The van der Waals surface area contributed by atoms with Gasteiger partial charge in [-0.2, -0.15) is 0 Å². The molecule has 4 saturated carbocycles. The molecule has 0 spiro atoms.